The number of imidazole rings is 1. The molecule has 0 saturated heterocycles. The first-order valence-electron chi connectivity index (χ1n) is 9.19. The van der Waals surface area contributed by atoms with Gasteiger partial charge in [-0.25, -0.2) is 9.97 Å². The minimum atomic E-state index is -0.284. The van der Waals surface area contributed by atoms with Gasteiger partial charge in [0.2, 0.25) is 0 Å². The van der Waals surface area contributed by atoms with Crippen LogP contribution in [0.15, 0.2) is 42.7 Å². The van der Waals surface area contributed by atoms with E-state index in [1.54, 1.807) is 25.4 Å². The van der Waals surface area contributed by atoms with Crippen LogP contribution in [-0.2, 0) is 6.61 Å². The topological polar surface area (TPSA) is 103 Å². The summed E-state index contributed by atoms with van der Waals surface area (Å²) in [6, 6.07) is 9.24. The third kappa shape index (κ3) is 2.76. The van der Waals surface area contributed by atoms with Crippen LogP contribution in [0, 0.1) is 6.92 Å². The van der Waals surface area contributed by atoms with Gasteiger partial charge in [0.25, 0.3) is 0 Å². The van der Waals surface area contributed by atoms with Gasteiger partial charge in [-0.05, 0) is 31.2 Å². The number of aromatic hydroxyl groups is 1. The molecule has 8 nitrogen and oxygen atoms in total. The fraction of sp³-hybridized carbons (Fsp3) is 0.190. The van der Waals surface area contributed by atoms with Gasteiger partial charge < -0.3 is 19.7 Å². The second-order valence-electron chi connectivity index (χ2n) is 6.70. The fourth-order valence-corrected chi connectivity index (χ4v) is 3.50. The lowest BCUT2D eigenvalue weighted by molar-refractivity contribution is 0.171. The number of fused-ring (bicyclic) bond motifs is 2. The van der Waals surface area contributed by atoms with E-state index >= 15 is 0 Å². The molecule has 3 aromatic heterocycles. The summed E-state index contributed by atoms with van der Waals surface area (Å²) in [5, 5.41) is 20.6. The Balaban J connectivity index is 1.83. The molecule has 0 spiro atoms. The average molecular weight is 390 g/mol. The monoisotopic (exact) mass is 390 g/mol. The number of aromatic nitrogens is 4. The standard InChI is InChI=1S/C21H18N4O4/c1-12-19(27)18(13(11-26)10-23-12)21-24-15-3-2-6-22-20(15)25(21)14-4-5-16-17(9-14)29-8-7-28-16/h2-6,9-10,26-27H,7-8,11H2,1H3. The van der Waals surface area contributed by atoms with Gasteiger partial charge >= 0.3 is 0 Å². The van der Waals surface area contributed by atoms with E-state index in [-0.39, 0.29) is 12.4 Å². The predicted molar refractivity (Wildman–Crippen MR) is 105 cm³/mol. The normalized spacial score (nSPS) is 13.0. The van der Waals surface area contributed by atoms with Gasteiger partial charge in [0.15, 0.2) is 23.0 Å². The number of aryl methyl sites for hydroxylation is 1. The number of rotatable bonds is 3. The zero-order chi connectivity index (χ0) is 20.0. The Morgan fingerprint density at radius 1 is 1.10 bits per heavy atom. The van der Waals surface area contributed by atoms with Crippen LogP contribution in [0.5, 0.6) is 17.2 Å². The van der Waals surface area contributed by atoms with Gasteiger partial charge in [-0.3, -0.25) is 9.55 Å². The zero-order valence-electron chi connectivity index (χ0n) is 15.7. The molecule has 0 aliphatic carbocycles. The lowest BCUT2D eigenvalue weighted by atomic mass is 10.1. The summed E-state index contributed by atoms with van der Waals surface area (Å²) < 4.78 is 13.2. The SMILES string of the molecule is Cc1ncc(CO)c(-c2nc3cccnc3n2-c2ccc3c(c2)OCCO3)c1O. The van der Waals surface area contributed by atoms with Crippen LogP contribution >= 0.6 is 0 Å². The lowest BCUT2D eigenvalue weighted by Gasteiger charge is -2.20. The van der Waals surface area contributed by atoms with Crippen molar-refractivity contribution in [2.24, 2.45) is 0 Å². The molecule has 0 bridgehead atoms. The molecule has 146 valence electrons. The highest BCUT2D eigenvalue weighted by molar-refractivity contribution is 5.83. The molecular weight excluding hydrogens is 372 g/mol. The van der Waals surface area contributed by atoms with E-state index in [2.05, 4.69) is 9.97 Å². The zero-order valence-corrected chi connectivity index (χ0v) is 15.7. The number of aliphatic hydroxyl groups is 1. The van der Waals surface area contributed by atoms with Crippen molar-refractivity contribution in [3.05, 3.63) is 54.0 Å². The second-order valence-corrected chi connectivity index (χ2v) is 6.70. The predicted octanol–water partition coefficient (Wildman–Crippen LogP) is 2.76. The van der Waals surface area contributed by atoms with E-state index < -0.39 is 0 Å². The molecule has 0 saturated carbocycles. The summed E-state index contributed by atoms with van der Waals surface area (Å²) in [4.78, 5) is 13.4. The molecule has 4 aromatic rings. The first-order valence-corrected chi connectivity index (χ1v) is 9.19. The van der Waals surface area contributed by atoms with Gasteiger partial charge in [-0.15, -0.1) is 0 Å². The maximum atomic E-state index is 10.8. The molecule has 0 amide bonds. The minimum absolute atomic E-state index is 0.0225. The van der Waals surface area contributed by atoms with Crippen molar-refractivity contribution >= 4 is 11.2 Å². The van der Waals surface area contributed by atoms with Crippen LogP contribution in [0.25, 0.3) is 28.2 Å². The summed E-state index contributed by atoms with van der Waals surface area (Å²) in [6.07, 6.45) is 3.23. The first kappa shape index (κ1) is 17.4. The largest absolute Gasteiger partial charge is 0.505 e. The molecule has 0 atom stereocenters. The van der Waals surface area contributed by atoms with Crippen molar-refractivity contribution in [1.29, 1.82) is 0 Å². The van der Waals surface area contributed by atoms with Gasteiger partial charge in [0.05, 0.1) is 23.6 Å². The van der Waals surface area contributed by atoms with E-state index in [0.717, 1.165) is 5.69 Å². The van der Waals surface area contributed by atoms with Gasteiger partial charge in [-0.1, -0.05) is 0 Å². The maximum absolute atomic E-state index is 10.8. The first-order chi connectivity index (χ1) is 14.2. The van der Waals surface area contributed by atoms with E-state index in [9.17, 15) is 10.2 Å². The highest BCUT2D eigenvalue weighted by Crippen LogP contribution is 2.39. The number of hydrogen-bond donors (Lipinski definition) is 2. The average Bonchev–Trinajstić information content (AvgIpc) is 3.14. The van der Waals surface area contributed by atoms with Gasteiger partial charge in [-0.2, -0.15) is 0 Å². The fourth-order valence-electron chi connectivity index (χ4n) is 3.50. The van der Waals surface area contributed by atoms with Crippen molar-refractivity contribution < 1.29 is 19.7 Å². The molecule has 0 fully saturated rings. The molecule has 29 heavy (non-hydrogen) atoms. The Bertz CT molecular complexity index is 1240. The summed E-state index contributed by atoms with van der Waals surface area (Å²) in [5.74, 6) is 1.75. The molecule has 0 unspecified atom stereocenters. The van der Waals surface area contributed by atoms with Crippen LogP contribution in [0.3, 0.4) is 0 Å². The van der Waals surface area contributed by atoms with E-state index in [0.29, 0.717) is 58.5 Å². The van der Waals surface area contributed by atoms with Crippen molar-refractivity contribution in [2.75, 3.05) is 13.2 Å². The van der Waals surface area contributed by atoms with Crippen LogP contribution in [0.2, 0.25) is 0 Å². The molecule has 0 radical (unpaired) electrons. The quantitative estimate of drug-likeness (QED) is 0.554. The van der Waals surface area contributed by atoms with E-state index in [4.69, 9.17) is 14.5 Å². The van der Waals surface area contributed by atoms with Crippen molar-refractivity contribution in [3.63, 3.8) is 0 Å². The van der Waals surface area contributed by atoms with Gasteiger partial charge in [0, 0.05) is 24.0 Å². The number of ether oxygens (including phenoxy) is 2. The molecule has 1 aromatic carbocycles. The van der Waals surface area contributed by atoms with Crippen molar-refractivity contribution in [1.82, 2.24) is 19.5 Å². The van der Waals surface area contributed by atoms with Gasteiger partial charge in [0.1, 0.15) is 24.5 Å². The highest BCUT2D eigenvalue weighted by atomic mass is 16.6. The second kappa shape index (κ2) is 6.75. The number of pyridine rings is 2. The third-order valence-corrected chi connectivity index (χ3v) is 4.91. The molecule has 8 heteroatoms. The van der Waals surface area contributed by atoms with Crippen LogP contribution in [-0.4, -0.2) is 42.9 Å². The molecule has 1 aliphatic rings. The van der Waals surface area contributed by atoms with Crippen molar-refractivity contribution in [3.8, 4) is 34.3 Å². The van der Waals surface area contributed by atoms with E-state index in [1.807, 2.05) is 28.8 Å². The number of aliphatic hydroxyl groups excluding tert-OH is 1. The number of hydrogen-bond acceptors (Lipinski definition) is 7. The molecule has 1 aliphatic heterocycles. The van der Waals surface area contributed by atoms with E-state index in [1.165, 1.54) is 0 Å². The maximum Gasteiger partial charge on any atom is 0.164 e. The third-order valence-electron chi connectivity index (χ3n) is 4.91. The minimum Gasteiger partial charge on any atom is -0.505 e. The number of nitrogens with zero attached hydrogens (tertiary/aromatic N) is 4. The Labute approximate surface area is 166 Å². The van der Waals surface area contributed by atoms with Crippen LogP contribution in [0.1, 0.15) is 11.3 Å². The lowest BCUT2D eigenvalue weighted by Crippen LogP contribution is -2.15. The molecule has 5 rings (SSSR count). The van der Waals surface area contributed by atoms with Crippen molar-refractivity contribution in [2.45, 2.75) is 13.5 Å². The summed E-state index contributed by atoms with van der Waals surface area (Å²) in [6.45, 7) is 2.41. The Morgan fingerprint density at radius 2 is 1.93 bits per heavy atom. The Kier molecular flexibility index (Phi) is 4.06. The molecule has 2 N–H and O–H groups in total. The molecule has 4 heterocycles. The number of benzene rings is 1. The van der Waals surface area contributed by atoms with Crippen LogP contribution < -0.4 is 9.47 Å². The highest BCUT2D eigenvalue weighted by Gasteiger charge is 2.23. The Morgan fingerprint density at radius 3 is 2.76 bits per heavy atom. The Hall–Kier alpha value is -3.65. The summed E-state index contributed by atoms with van der Waals surface area (Å²) >= 11 is 0. The molecular formula is C21H18N4O4. The smallest absolute Gasteiger partial charge is 0.164 e. The summed E-state index contributed by atoms with van der Waals surface area (Å²) in [5.41, 5.74) is 3.39. The summed E-state index contributed by atoms with van der Waals surface area (Å²) in [7, 11) is 0. The van der Waals surface area contributed by atoms with Crippen LogP contribution in [0.4, 0.5) is 0 Å².